The Morgan fingerprint density at radius 2 is 1.76 bits per heavy atom. The molecule has 0 saturated heterocycles. The van der Waals surface area contributed by atoms with Crippen LogP contribution in [0.2, 0.25) is 0 Å². The van der Waals surface area contributed by atoms with Gasteiger partial charge in [0.25, 0.3) is 5.69 Å². The zero-order valence-electron chi connectivity index (χ0n) is 12.8. The fraction of sp³-hybridized carbons (Fsp3) is 0.0667. The Morgan fingerprint density at radius 1 is 1.04 bits per heavy atom. The molecule has 0 aliphatic carbocycles. The minimum atomic E-state index is -0.424. The van der Waals surface area contributed by atoms with Crippen LogP contribution in [0, 0.1) is 10.1 Å². The van der Waals surface area contributed by atoms with Crippen molar-refractivity contribution >= 4 is 22.4 Å². The molecule has 0 bridgehead atoms. The first-order valence-corrected chi connectivity index (χ1v) is 7.29. The molecule has 10 nitrogen and oxygen atoms in total. The lowest BCUT2D eigenvalue weighted by atomic mass is 10.2. The highest BCUT2D eigenvalue weighted by Crippen LogP contribution is 2.23. The zero-order valence-corrected chi connectivity index (χ0v) is 12.8. The average Bonchev–Trinajstić information content (AvgIpc) is 3.31. The average molecular weight is 337 g/mol. The molecule has 124 valence electrons. The number of non-ortho nitro benzene ring substituents is 1. The molecule has 4 rings (SSSR count). The van der Waals surface area contributed by atoms with E-state index in [9.17, 15) is 10.1 Å². The number of rotatable bonds is 5. The lowest BCUT2D eigenvalue weighted by Gasteiger charge is -2.24. The second-order valence-electron chi connectivity index (χ2n) is 5.26. The normalized spacial score (nSPS) is 10.9. The van der Waals surface area contributed by atoms with Crippen LogP contribution >= 0.6 is 0 Å². The molecule has 0 aliphatic heterocycles. The lowest BCUT2D eigenvalue weighted by Crippen LogP contribution is -2.27. The quantitative estimate of drug-likeness (QED) is 0.402. The van der Waals surface area contributed by atoms with E-state index >= 15 is 0 Å². The number of aromatic nitrogens is 5. The van der Waals surface area contributed by atoms with Crippen LogP contribution in [0.4, 0.5) is 11.4 Å². The van der Waals surface area contributed by atoms with Crippen LogP contribution in [-0.2, 0) is 6.54 Å². The molecular formula is C15H11N7O3. The van der Waals surface area contributed by atoms with Crippen molar-refractivity contribution < 1.29 is 9.55 Å². The molecule has 25 heavy (non-hydrogen) atoms. The van der Waals surface area contributed by atoms with Gasteiger partial charge >= 0.3 is 0 Å². The fourth-order valence-corrected chi connectivity index (χ4v) is 2.45. The van der Waals surface area contributed by atoms with E-state index in [1.165, 1.54) is 12.1 Å². The molecule has 0 N–H and O–H groups in total. The van der Waals surface area contributed by atoms with Gasteiger partial charge in [-0.2, -0.15) is 0 Å². The molecule has 0 fully saturated rings. The monoisotopic (exact) mass is 337 g/mol. The summed E-state index contributed by atoms with van der Waals surface area (Å²) in [4.78, 5) is 10.4. The van der Waals surface area contributed by atoms with Crippen molar-refractivity contribution in [2.24, 2.45) is 0 Å². The molecule has 0 amide bonds. The summed E-state index contributed by atoms with van der Waals surface area (Å²) >= 11 is 0. The van der Waals surface area contributed by atoms with Crippen molar-refractivity contribution in [3.63, 3.8) is 0 Å². The first kappa shape index (κ1) is 14.8. The molecule has 2 aromatic heterocycles. The SMILES string of the molecule is O=[N+]([O-])c1ccc(CN(c2ccc3nonc3c2)n2cnnc2)cc1. The van der Waals surface area contributed by atoms with Crippen LogP contribution in [0.15, 0.2) is 59.7 Å². The third-order valence-electron chi connectivity index (χ3n) is 3.70. The summed E-state index contributed by atoms with van der Waals surface area (Å²) in [6.07, 6.45) is 3.13. The van der Waals surface area contributed by atoms with Crippen LogP contribution in [0.25, 0.3) is 11.0 Å². The standard InChI is InChI=1S/C15H11N7O3/c23-22(24)12-3-1-11(2-4-12)8-21(20-9-16-17-10-20)13-5-6-14-15(7-13)19-25-18-14/h1-7,9-10H,8H2. The van der Waals surface area contributed by atoms with E-state index in [4.69, 9.17) is 4.63 Å². The van der Waals surface area contributed by atoms with Crippen molar-refractivity contribution in [1.29, 1.82) is 0 Å². The Morgan fingerprint density at radius 3 is 2.48 bits per heavy atom. The van der Waals surface area contributed by atoms with Crippen molar-refractivity contribution in [2.75, 3.05) is 5.01 Å². The topological polar surface area (TPSA) is 116 Å². The summed E-state index contributed by atoms with van der Waals surface area (Å²) in [5, 5.41) is 28.0. The third kappa shape index (κ3) is 2.87. The largest absolute Gasteiger partial charge is 0.274 e. The highest BCUT2D eigenvalue weighted by Gasteiger charge is 2.13. The van der Waals surface area contributed by atoms with Gasteiger partial charge in [-0.25, -0.2) is 9.31 Å². The molecule has 0 unspecified atom stereocenters. The third-order valence-corrected chi connectivity index (χ3v) is 3.70. The second-order valence-corrected chi connectivity index (χ2v) is 5.26. The van der Waals surface area contributed by atoms with Gasteiger partial charge in [-0.05, 0) is 34.1 Å². The summed E-state index contributed by atoms with van der Waals surface area (Å²) in [6, 6.07) is 11.9. The number of hydrogen-bond acceptors (Lipinski definition) is 8. The van der Waals surface area contributed by atoms with Gasteiger partial charge < -0.3 is 0 Å². The Bertz CT molecular complexity index is 1010. The Balaban J connectivity index is 1.70. The van der Waals surface area contributed by atoms with E-state index in [1.807, 2.05) is 17.1 Å². The minimum Gasteiger partial charge on any atom is -0.274 e. The molecule has 0 atom stereocenters. The van der Waals surface area contributed by atoms with Gasteiger partial charge in [0.1, 0.15) is 23.7 Å². The number of anilines is 1. The maximum Gasteiger partial charge on any atom is 0.269 e. The van der Waals surface area contributed by atoms with E-state index in [1.54, 1.807) is 35.5 Å². The zero-order chi connectivity index (χ0) is 17.2. The number of nitrogens with zero attached hydrogens (tertiary/aromatic N) is 7. The molecule has 0 radical (unpaired) electrons. The number of benzene rings is 2. The summed E-state index contributed by atoms with van der Waals surface area (Å²) in [5.74, 6) is 0. The highest BCUT2D eigenvalue weighted by atomic mass is 16.6. The van der Waals surface area contributed by atoms with Crippen LogP contribution in [-0.4, -0.2) is 30.1 Å². The van der Waals surface area contributed by atoms with Crippen molar-refractivity contribution in [3.05, 3.63) is 70.8 Å². The van der Waals surface area contributed by atoms with Gasteiger partial charge in [-0.3, -0.25) is 15.1 Å². The van der Waals surface area contributed by atoms with Gasteiger partial charge in [0.15, 0.2) is 0 Å². The van der Waals surface area contributed by atoms with Gasteiger partial charge in [0.2, 0.25) is 0 Å². The van der Waals surface area contributed by atoms with Crippen molar-refractivity contribution in [1.82, 2.24) is 25.2 Å². The number of nitro groups is 1. The van der Waals surface area contributed by atoms with Crippen LogP contribution in [0.5, 0.6) is 0 Å². The molecule has 0 aliphatic rings. The minimum absolute atomic E-state index is 0.0506. The van der Waals surface area contributed by atoms with Gasteiger partial charge in [-0.15, -0.1) is 10.2 Å². The Hall–Kier alpha value is -3.82. The molecule has 0 saturated carbocycles. The lowest BCUT2D eigenvalue weighted by molar-refractivity contribution is -0.384. The van der Waals surface area contributed by atoms with Crippen molar-refractivity contribution in [3.8, 4) is 0 Å². The molecule has 2 heterocycles. The van der Waals surface area contributed by atoms with Crippen molar-refractivity contribution in [2.45, 2.75) is 6.54 Å². The van der Waals surface area contributed by atoms with Gasteiger partial charge in [-0.1, -0.05) is 12.1 Å². The summed E-state index contributed by atoms with van der Waals surface area (Å²) < 4.78 is 6.45. The van der Waals surface area contributed by atoms with E-state index in [2.05, 4.69) is 20.5 Å². The first-order valence-electron chi connectivity index (χ1n) is 7.29. The van der Waals surface area contributed by atoms with Gasteiger partial charge in [0, 0.05) is 12.1 Å². The molecule has 0 spiro atoms. The number of nitro benzene ring substituents is 1. The van der Waals surface area contributed by atoms with E-state index in [0.29, 0.717) is 17.6 Å². The summed E-state index contributed by atoms with van der Waals surface area (Å²) in [6.45, 7) is 0.451. The number of fused-ring (bicyclic) bond motifs is 1. The number of hydrogen-bond donors (Lipinski definition) is 0. The molecule has 10 heteroatoms. The van der Waals surface area contributed by atoms with E-state index < -0.39 is 4.92 Å². The Kier molecular flexibility index (Phi) is 3.54. The maximum absolute atomic E-state index is 10.8. The summed E-state index contributed by atoms with van der Waals surface area (Å²) in [7, 11) is 0. The predicted octanol–water partition coefficient (Wildman–Crippen LogP) is 2.19. The summed E-state index contributed by atoms with van der Waals surface area (Å²) in [5.41, 5.74) is 3.04. The molecule has 2 aromatic carbocycles. The Labute approximate surface area is 140 Å². The van der Waals surface area contributed by atoms with E-state index in [0.717, 1.165) is 11.3 Å². The smallest absolute Gasteiger partial charge is 0.269 e. The van der Waals surface area contributed by atoms with E-state index in [-0.39, 0.29) is 5.69 Å². The van der Waals surface area contributed by atoms with Crippen LogP contribution in [0.1, 0.15) is 5.56 Å². The molecule has 4 aromatic rings. The maximum atomic E-state index is 10.8. The van der Waals surface area contributed by atoms with Gasteiger partial charge in [0.05, 0.1) is 17.2 Å². The second kappa shape index (κ2) is 6.00. The van der Waals surface area contributed by atoms with Crippen LogP contribution < -0.4 is 5.01 Å². The predicted molar refractivity (Wildman–Crippen MR) is 86.5 cm³/mol. The first-order chi connectivity index (χ1) is 12.2. The fourth-order valence-electron chi connectivity index (χ4n) is 2.45. The van der Waals surface area contributed by atoms with Crippen LogP contribution in [0.3, 0.4) is 0 Å². The highest BCUT2D eigenvalue weighted by molar-refractivity contribution is 5.77. The molecular weight excluding hydrogens is 326 g/mol.